The van der Waals surface area contributed by atoms with Crippen molar-refractivity contribution in [2.75, 3.05) is 7.11 Å². The molecule has 0 atom stereocenters. The monoisotopic (exact) mass is 358 g/mol. The van der Waals surface area contributed by atoms with Crippen LogP contribution in [0.25, 0.3) is 10.9 Å². The fourth-order valence-electron chi connectivity index (χ4n) is 1.98. The fourth-order valence-corrected chi connectivity index (χ4v) is 2.34. The quantitative estimate of drug-likeness (QED) is 0.663. The minimum atomic E-state index is -0.386. The van der Waals surface area contributed by atoms with Crippen molar-refractivity contribution in [1.82, 2.24) is 9.97 Å². The maximum absolute atomic E-state index is 11.4. The smallest absolute Gasteiger partial charge is 0.337 e. The highest BCUT2D eigenvalue weighted by Gasteiger charge is 2.08. The van der Waals surface area contributed by atoms with E-state index in [0.29, 0.717) is 17.2 Å². The number of hydrogen-bond donors (Lipinski definition) is 0. The number of benzene rings is 2. The Bertz CT molecular complexity index is 834. The summed E-state index contributed by atoms with van der Waals surface area (Å²) in [5, 5.41) is 0.800. The number of fused-ring (bicyclic) bond motifs is 1. The molecular formula is C16H11BrN2O3. The highest BCUT2D eigenvalue weighted by Crippen LogP contribution is 2.28. The molecule has 3 aromatic rings. The lowest BCUT2D eigenvalue weighted by atomic mass is 10.2. The Balaban J connectivity index is 1.93. The minimum Gasteiger partial charge on any atom is -0.465 e. The molecule has 0 unspecified atom stereocenters. The van der Waals surface area contributed by atoms with Crippen molar-refractivity contribution in [3.8, 4) is 11.6 Å². The van der Waals surface area contributed by atoms with Crippen molar-refractivity contribution in [2.24, 2.45) is 0 Å². The van der Waals surface area contributed by atoms with E-state index in [9.17, 15) is 4.79 Å². The molecule has 0 fully saturated rings. The van der Waals surface area contributed by atoms with E-state index < -0.39 is 0 Å². The number of hydrogen-bond acceptors (Lipinski definition) is 5. The van der Waals surface area contributed by atoms with Gasteiger partial charge in [-0.1, -0.05) is 15.9 Å². The van der Waals surface area contributed by atoms with Crippen LogP contribution in [0.4, 0.5) is 0 Å². The Kier molecular flexibility index (Phi) is 4.02. The highest BCUT2D eigenvalue weighted by molar-refractivity contribution is 9.10. The largest absolute Gasteiger partial charge is 0.465 e. The molecule has 0 saturated heterocycles. The highest BCUT2D eigenvalue weighted by atomic mass is 79.9. The minimum absolute atomic E-state index is 0.386. The first-order chi connectivity index (χ1) is 10.7. The standard InChI is InChI=1S/C16H11BrN2O3/c1-21-16(20)10-2-5-12(6-3-10)22-15-13-8-11(17)4-7-14(13)18-9-19-15/h2-9H,1H3. The summed E-state index contributed by atoms with van der Waals surface area (Å²) in [7, 11) is 1.34. The Morgan fingerprint density at radius 2 is 1.86 bits per heavy atom. The molecule has 22 heavy (non-hydrogen) atoms. The van der Waals surface area contributed by atoms with E-state index in [0.717, 1.165) is 15.4 Å². The summed E-state index contributed by atoms with van der Waals surface area (Å²) in [6.45, 7) is 0. The summed E-state index contributed by atoms with van der Waals surface area (Å²) >= 11 is 3.42. The Labute approximate surface area is 135 Å². The number of nitrogens with zero attached hydrogens (tertiary/aromatic N) is 2. The molecule has 0 N–H and O–H groups in total. The molecule has 0 bridgehead atoms. The lowest BCUT2D eigenvalue weighted by Crippen LogP contribution is -2.00. The van der Waals surface area contributed by atoms with Gasteiger partial charge in [-0.25, -0.2) is 14.8 Å². The van der Waals surface area contributed by atoms with Gasteiger partial charge in [0.05, 0.1) is 23.6 Å². The second-order valence-corrected chi connectivity index (χ2v) is 5.37. The lowest BCUT2D eigenvalue weighted by molar-refractivity contribution is 0.0600. The number of halogens is 1. The van der Waals surface area contributed by atoms with Gasteiger partial charge in [0.2, 0.25) is 5.88 Å². The van der Waals surface area contributed by atoms with E-state index in [4.69, 9.17) is 4.74 Å². The van der Waals surface area contributed by atoms with Gasteiger partial charge in [0.1, 0.15) is 12.1 Å². The first kappa shape index (κ1) is 14.5. The predicted molar refractivity (Wildman–Crippen MR) is 85.1 cm³/mol. The molecule has 0 spiro atoms. The number of aromatic nitrogens is 2. The van der Waals surface area contributed by atoms with Crippen molar-refractivity contribution in [1.29, 1.82) is 0 Å². The van der Waals surface area contributed by atoms with Gasteiger partial charge in [-0.05, 0) is 42.5 Å². The van der Waals surface area contributed by atoms with Crippen LogP contribution in [0.1, 0.15) is 10.4 Å². The Morgan fingerprint density at radius 3 is 2.59 bits per heavy atom. The molecule has 110 valence electrons. The van der Waals surface area contributed by atoms with Gasteiger partial charge in [0.15, 0.2) is 0 Å². The molecule has 0 radical (unpaired) electrons. The van der Waals surface area contributed by atoms with E-state index in [1.54, 1.807) is 24.3 Å². The number of ether oxygens (including phenoxy) is 2. The maximum atomic E-state index is 11.4. The second-order valence-electron chi connectivity index (χ2n) is 4.46. The van der Waals surface area contributed by atoms with Crippen molar-refractivity contribution in [3.63, 3.8) is 0 Å². The van der Waals surface area contributed by atoms with Crippen LogP contribution in [0, 0.1) is 0 Å². The van der Waals surface area contributed by atoms with Crippen LogP contribution in [0.5, 0.6) is 11.6 Å². The van der Waals surface area contributed by atoms with Crippen LogP contribution in [-0.4, -0.2) is 23.0 Å². The van der Waals surface area contributed by atoms with Crippen LogP contribution in [-0.2, 0) is 4.74 Å². The third kappa shape index (κ3) is 2.92. The zero-order chi connectivity index (χ0) is 15.5. The molecule has 5 nitrogen and oxygen atoms in total. The molecule has 1 heterocycles. The van der Waals surface area contributed by atoms with Gasteiger partial charge in [-0.2, -0.15) is 0 Å². The molecule has 6 heteroatoms. The first-order valence-corrected chi connectivity index (χ1v) is 7.23. The van der Waals surface area contributed by atoms with E-state index >= 15 is 0 Å². The Hall–Kier alpha value is -2.47. The normalized spacial score (nSPS) is 10.5. The number of esters is 1. The van der Waals surface area contributed by atoms with Crippen LogP contribution in [0.15, 0.2) is 53.3 Å². The van der Waals surface area contributed by atoms with Crippen molar-refractivity contribution in [2.45, 2.75) is 0 Å². The SMILES string of the molecule is COC(=O)c1ccc(Oc2ncnc3ccc(Br)cc23)cc1. The Morgan fingerprint density at radius 1 is 1.09 bits per heavy atom. The molecule has 1 aromatic heterocycles. The third-order valence-corrected chi connectivity index (χ3v) is 3.54. The second kappa shape index (κ2) is 6.11. The van der Waals surface area contributed by atoms with Crippen LogP contribution in [0.2, 0.25) is 0 Å². The molecule has 0 amide bonds. The zero-order valence-electron chi connectivity index (χ0n) is 11.6. The van der Waals surface area contributed by atoms with Gasteiger partial charge in [-0.3, -0.25) is 0 Å². The zero-order valence-corrected chi connectivity index (χ0v) is 13.2. The summed E-state index contributed by atoms with van der Waals surface area (Å²) in [5.74, 6) is 0.646. The summed E-state index contributed by atoms with van der Waals surface area (Å²) in [5.41, 5.74) is 1.25. The average Bonchev–Trinajstić information content (AvgIpc) is 2.55. The number of carbonyl (C=O) groups excluding carboxylic acids is 1. The molecule has 0 aliphatic rings. The summed E-state index contributed by atoms with van der Waals surface area (Å²) in [6.07, 6.45) is 1.45. The van der Waals surface area contributed by atoms with Crippen LogP contribution < -0.4 is 4.74 Å². The van der Waals surface area contributed by atoms with Crippen molar-refractivity contribution < 1.29 is 14.3 Å². The fraction of sp³-hybridized carbons (Fsp3) is 0.0625. The van der Waals surface area contributed by atoms with Crippen LogP contribution >= 0.6 is 15.9 Å². The lowest BCUT2D eigenvalue weighted by Gasteiger charge is -2.08. The topological polar surface area (TPSA) is 61.3 Å². The average molecular weight is 359 g/mol. The molecule has 0 saturated carbocycles. The number of methoxy groups -OCH3 is 1. The van der Waals surface area contributed by atoms with Gasteiger partial charge in [0, 0.05) is 4.47 Å². The van der Waals surface area contributed by atoms with Crippen molar-refractivity contribution >= 4 is 32.8 Å². The van der Waals surface area contributed by atoms with E-state index in [1.807, 2.05) is 18.2 Å². The van der Waals surface area contributed by atoms with Crippen LogP contribution in [0.3, 0.4) is 0 Å². The van der Waals surface area contributed by atoms with E-state index in [1.165, 1.54) is 13.4 Å². The predicted octanol–water partition coefficient (Wildman–Crippen LogP) is 3.97. The third-order valence-electron chi connectivity index (χ3n) is 3.05. The maximum Gasteiger partial charge on any atom is 0.337 e. The van der Waals surface area contributed by atoms with E-state index in [2.05, 4.69) is 30.6 Å². The molecule has 2 aromatic carbocycles. The van der Waals surface area contributed by atoms with Gasteiger partial charge in [0.25, 0.3) is 0 Å². The van der Waals surface area contributed by atoms with Gasteiger partial charge in [-0.15, -0.1) is 0 Å². The van der Waals surface area contributed by atoms with Gasteiger partial charge >= 0.3 is 5.97 Å². The number of carbonyl (C=O) groups is 1. The summed E-state index contributed by atoms with van der Waals surface area (Å²) in [6, 6.07) is 12.4. The molecule has 0 aliphatic carbocycles. The molecular weight excluding hydrogens is 348 g/mol. The van der Waals surface area contributed by atoms with Gasteiger partial charge < -0.3 is 9.47 Å². The van der Waals surface area contributed by atoms with E-state index in [-0.39, 0.29) is 5.97 Å². The summed E-state index contributed by atoms with van der Waals surface area (Å²) < 4.78 is 11.4. The summed E-state index contributed by atoms with van der Waals surface area (Å²) in [4.78, 5) is 19.8. The molecule has 0 aliphatic heterocycles. The molecule has 3 rings (SSSR count). The number of rotatable bonds is 3. The first-order valence-electron chi connectivity index (χ1n) is 6.44. The van der Waals surface area contributed by atoms with Crippen molar-refractivity contribution in [3.05, 3.63) is 58.8 Å².